The van der Waals surface area contributed by atoms with Crippen LogP contribution in [-0.2, 0) is 11.3 Å². The Labute approximate surface area is 124 Å². The number of aryl methyl sites for hydroxylation is 1. The van der Waals surface area contributed by atoms with Crippen LogP contribution in [0.4, 0.5) is 11.4 Å². The topological polar surface area (TPSA) is 54.0 Å². The van der Waals surface area contributed by atoms with E-state index in [1.807, 2.05) is 43.5 Å². The summed E-state index contributed by atoms with van der Waals surface area (Å²) in [5.74, 6) is 0.357. The van der Waals surface area contributed by atoms with Crippen molar-refractivity contribution in [2.75, 3.05) is 10.6 Å². The van der Waals surface area contributed by atoms with Gasteiger partial charge in [-0.15, -0.1) is 0 Å². The number of amides is 1. The fourth-order valence-corrected chi connectivity index (χ4v) is 2.10. The van der Waals surface area contributed by atoms with E-state index in [1.54, 1.807) is 0 Å². The summed E-state index contributed by atoms with van der Waals surface area (Å²) in [6, 6.07) is 11.9. The van der Waals surface area contributed by atoms with Crippen LogP contribution in [0.2, 0.25) is 0 Å². The third-order valence-electron chi connectivity index (χ3n) is 3.55. The van der Waals surface area contributed by atoms with Gasteiger partial charge >= 0.3 is 0 Å². The highest BCUT2D eigenvalue weighted by Crippen LogP contribution is 2.30. The molecule has 0 spiro atoms. The Morgan fingerprint density at radius 3 is 2.76 bits per heavy atom. The number of hydrogen-bond acceptors (Lipinski definition) is 3. The molecule has 1 aromatic carbocycles. The molecule has 0 unspecified atom stereocenters. The molecule has 1 heterocycles. The Morgan fingerprint density at radius 1 is 1.24 bits per heavy atom. The highest BCUT2D eigenvalue weighted by atomic mass is 16.2. The van der Waals surface area contributed by atoms with E-state index in [0.717, 1.165) is 35.5 Å². The van der Waals surface area contributed by atoms with Gasteiger partial charge in [0.15, 0.2) is 0 Å². The number of aromatic nitrogens is 1. The fraction of sp³-hybridized carbons (Fsp3) is 0.294. The molecule has 4 heteroatoms. The van der Waals surface area contributed by atoms with E-state index in [-0.39, 0.29) is 11.8 Å². The molecule has 1 aromatic heterocycles. The van der Waals surface area contributed by atoms with E-state index < -0.39 is 0 Å². The van der Waals surface area contributed by atoms with Gasteiger partial charge in [-0.05, 0) is 49.6 Å². The third-order valence-corrected chi connectivity index (χ3v) is 3.55. The Hall–Kier alpha value is -2.36. The summed E-state index contributed by atoms with van der Waals surface area (Å²) >= 11 is 0. The number of hydrogen-bond donors (Lipinski definition) is 2. The molecular weight excluding hydrogens is 262 g/mol. The zero-order valence-electron chi connectivity index (χ0n) is 12.1. The van der Waals surface area contributed by atoms with Crippen molar-refractivity contribution in [2.24, 2.45) is 5.92 Å². The molecule has 2 aromatic rings. The fourth-order valence-electron chi connectivity index (χ4n) is 2.10. The van der Waals surface area contributed by atoms with E-state index in [2.05, 4.69) is 21.7 Å². The molecule has 1 amide bonds. The lowest BCUT2D eigenvalue weighted by molar-refractivity contribution is -0.117. The highest BCUT2D eigenvalue weighted by Gasteiger charge is 2.29. The first-order chi connectivity index (χ1) is 10.2. The van der Waals surface area contributed by atoms with Gasteiger partial charge in [0.2, 0.25) is 5.91 Å². The predicted molar refractivity (Wildman–Crippen MR) is 84.1 cm³/mol. The lowest BCUT2D eigenvalue weighted by Gasteiger charge is -2.09. The van der Waals surface area contributed by atoms with Crippen LogP contribution in [0.1, 0.15) is 24.1 Å². The maximum Gasteiger partial charge on any atom is 0.227 e. The van der Waals surface area contributed by atoms with Crippen molar-refractivity contribution in [3.05, 3.63) is 53.9 Å². The molecule has 1 saturated carbocycles. The van der Waals surface area contributed by atoms with Gasteiger partial charge in [0, 0.05) is 35.7 Å². The van der Waals surface area contributed by atoms with E-state index in [9.17, 15) is 4.79 Å². The molecule has 0 bridgehead atoms. The van der Waals surface area contributed by atoms with E-state index >= 15 is 0 Å². The number of anilines is 2. The summed E-state index contributed by atoms with van der Waals surface area (Å²) < 4.78 is 0. The zero-order valence-corrected chi connectivity index (χ0v) is 12.1. The standard InChI is InChI=1S/C17H19N3O/c1-12-5-6-13(10-18-12)11-19-15-3-2-4-16(9-15)20-17(21)14-7-8-14/h2-6,9-10,14,19H,7-8,11H2,1H3,(H,20,21). The molecule has 2 N–H and O–H groups in total. The van der Waals surface area contributed by atoms with Crippen molar-refractivity contribution >= 4 is 17.3 Å². The first-order valence-electron chi connectivity index (χ1n) is 7.27. The molecule has 0 aliphatic heterocycles. The molecule has 1 aliphatic carbocycles. The zero-order chi connectivity index (χ0) is 14.7. The summed E-state index contributed by atoms with van der Waals surface area (Å²) in [4.78, 5) is 16.0. The van der Waals surface area contributed by atoms with Gasteiger partial charge in [0.05, 0.1) is 0 Å². The second-order valence-corrected chi connectivity index (χ2v) is 5.51. The van der Waals surface area contributed by atoms with Crippen molar-refractivity contribution in [2.45, 2.75) is 26.3 Å². The average Bonchev–Trinajstić information content (AvgIpc) is 3.32. The van der Waals surface area contributed by atoms with Crippen LogP contribution in [0.3, 0.4) is 0 Å². The summed E-state index contributed by atoms with van der Waals surface area (Å²) in [6.45, 7) is 2.69. The lowest BCUT2D eigenvalue weighted by atomic mass is 10.2. The first-order valence-corrected chi connectivity index (χ1v) is 7.27. The SMILES string of the molecule is Cc1ccc(CNc2cccc(NC(=O)C3CC3)c2)cn1. The number of carbonyl (C=O) groups is 1. The van der Waals surface area contributed by atoms with E-state index in [4.69, 9.17) is 0 Å². The largest absolute Gasteiger partial charge is 0.381 e. The number of pyridine rings is 1. The molecule has 0 saturated heterocycles. The van der Waals surface area contributed by atoms with Crippen molar-refractivity contribution in [1.82, 2.24) is 4.98 Å². The van der Waals surface area contributed by atoms with Crippen molar-refractivity contribution in [3.8, 4) is 0 Å². The monoisotopic (exact) mass is 281 g/mol. The molecule has 1 aliphatic rings. The predicted octanol–water partition coefficient (Wildman–Crippen LogP) is 3.35. The molecular formula is C17H19N3O. The third kappa shape index (κ3) is 3.81. The summed E-state index contributed by atoms with van der Waals surface area (Å²) in [6.07, 6.45) is 3.91. The molecule has 0 atom stereocenters. The minimum Gasteiger partial charge on any atom is -0.381 e. The Morgan fingerprint density at radius 2 is 2.05 bits per heavy atom. The number of benzene rings is 1. The Bertz CT molecular complexity index is 633. The van der Waals surface area contributed by atoms with Crippen LogP contribution in [0, 0.1) is 12.8 Å². The van der Waals surface area contributed by atoms with E-state index in [0.29, 0.717) is 6.54 Å². The van der Waals surface area contributed by atoms with Gasteiger partial charge in [0.1, 0.15) is 0 Å². The summed E-state index contributed by atoms with van der Waals surface area (Å²) in [5.41, 5.74) is 3.99. The van der Waals surface area contributed by atoms with Gasteiger partial charge in [-0.2, -0.15) is 0 Å². The lowest BCUT2D eigenvalue weighted by Crippen LogP contribution is -2.13. The number of nitrogens with one attached hydrogen (secondary N) is 2. The first kappa shape index (κ1) is 13.6. The molecule has 4 nitrogen and oxygen atoms in total. The van der Waals surface area contributed by atoms with Crippen LogP contribution in [-0.4, -0.2) is 10.9 Å². The van der Waals surface area contributed by atoms with Gasteiger partial charge in [-0.1, -0.05) is 12.1 Å². The molecule has 21 heavy (non-hydrogen) atoms. The van der Waals surface area contributed by atoms with Crippen LogP contribution < -0.4 is 10.6 Å². The Balaban J connectivity index is 1.60. The van der Waals surface area contributed by atoms with Crippen molar-refractivity contribution in [1.29, 1.82) is 0 Å². The highest BCUT2D eigenvalue weighted by molar-refractivity contribution is 5.94. The maximum absolute atomic E-state index is 11.8. The van der Waals surface area contributed by atoms with E-state index in [1.165, 1.54) is 0 Å². The molecule has 0 radical (unpaired) electrons. The van der Waals surface area contributed by atoms with Gasteiger partial charge in [-0.3, -0.25) is 9.78 Å². The smallest absolute Gasteiger partial charge is 0.227 e. The van der Waals surface area contributed by atoms with Crippen LogP contribution in [0.25, 0.3) is 0 Å². The second kappa shape index (κ2) is 5.95. The Kier molecular flexibility index (Phi) is 3.86. The van der Waals surface area contributed by atoms with Crippen molar-refractivity contribution in [3.63, 3.8) is 0 Å². The normalized spacial score (nSPS) is 13.8. The average molecular weight is 281 g/mol. The second-order valence-electron chi connectivity index (χ2n) is 5.51. The quantitative estimate of drug-likeness (QED) is 0.883. The number of nitrogens with zero attached hydrogens (tertiary/aromatic N) is 1. The maximum atomic E-state index is 11.8. The van der Waals surface area contributed by atoms with Crippen LogP contribution in [0.15, 0.2) is 42.6 Å². The number of rotatable bonds is 5. The minimum absolute atomic E-state index is 0.134. The molecule has 1 fully saturated rings. The van der Waals surface area contributed by atoms with Crippen LogP contribution >= 0.6 is 0 Å². The van der Waals surface area contributed by atoms with Gasteiger partial charge < -0.3 is 10.6 Å². The molecule has 3 rings (SSSR count). The van der Waals surface area contributed by atoms with Crippen LogP contribution in [0.5, 0.6) is 0 Å². The number of carbonyl (C=O) groups excluding carboxylic acids is 1. The van der Waals surface area contributed by atoms with Gasteiger partial charge in [-0.25, -0.2) is 0 Å². The summed E-state index contributed by atoms with van der Waals surface area (Å²) in [5, 5.41) is 6.31. The minimum atomic E-state index is 0.134. The van der Waals surface area contributed by atoms with Crippen molar-refractivity contribution < 1.29 is 4.79 Å². The summed E-state index contributed by atoms with van der Waals surface area (Å²) in [7, 11) is 0. The molecule has 108 valence electrons. The van der Waals surface area contributed by atoms with Gasteiger partial charge in [0.25, 0.3) is 0 Å².